The van der Waals surface area contributed by atoms with E-state index in [1.54, 1.807) is 7.11 Å². The number of hydrogen-bond acceptors (Lipinski definition) is 7. The van der Waals surface area contributed by atoms with Crippen molar-refractivity contribution in [3.63, 3.8) is 0 Å². The molecule has 1 aromatic rings. The molecule has 176 valence electrons. The smallest absolute Gasteiger partial charge is 0.338 e. The van der Waals surface area contributed by atoms with Gasteiger partial charge in [-0.25, -0.2) is 9.79 Å². The van der Waals surface area contributed by atoms with E-state index in [-0.39, 0.29) is 12.3 Å². The zero-order valence-electron chi connectivity index (χ0n) is 19.7. The third kappa shape index (κ3) is 4.53. The fourth-order valence-corrected chi connectivity index (χ4v) is 5.56. The van der Waals surface area contributed by atoms with Crippen molar-refractivity contribution in [1.82, 2.24) is 9.80 Å². The molecule has 3 aliphatic rings. The zero-order chi connectivity index (χ0) is 23.5. The summed E-state index contributed by atoms with van der Waals surface area (Å²) in [4.78, 5) is 34.9. The summed E-state index contributed by atoms with van der Waals surface area (Å²) in [6.45, 7) is 5.81. The minimum absolute atomic E-state index is 0.110. The number of allylic oxidation sites excluding steroid dienone is 1. The fourth-order valence-electron chi connectivity index (χ4n) is 4.62. The quantitative estimate of drug-likeness (QED) is 0.572. The van der Waals surface area contributed by atoms with Gasteiger partial charge in [-0.3, -0.25) is 4.79 Å². The van der Waals surface area contributed by atoms with Crippen LogP contribution in [-0.2, 0) is 14.3 Å². The van der Waals surface area contributed by atoms with Crippen molar-refractivity contribution < 1.29 is 19.1 Å². The van der Waals surface area contributed by atoms with Gasteiger partial charge < -0.3 is 19.3 Å². The highest BCUT2D eigenvalue weighted by molar-refractivity contribution is 8.16. The first-order valence-electron chi connectivity index (χ1n) is 11.4. The lowest BCUT2D eigenvalue weighted by atomic mass is 9.92. The Morgan fingerprint density at radius 1 is 1.18 bits per heavy atom. The molecule has 0 saturated carbocycles. The standard InChI is InChI=1S/C25H31N3O4S/c1-5-19-22(24(30)32-4)23(18-8-6-7-9-20(18)31-3)28-17(15-33-25(28)26-19)14-21(29)27-12-10-16(2)11-13-27/h6-9,15-16,23H,5,10-14H2,1-4H3/t23-/m1/s1. The molecule has 0 aromatic heterocycles. The van der Waals surface area contributed by atoms with Crippen molar-refractivity contribution in [2.24, 2.45) is 10.9 Å². The number of aliphatic imine (C=N–C) groups is 1. The van der Waals surface area contributed by atoms with Crippen molar-refractivity contribution in [2.75, 3.05) is 27.3 Å². The average Bonchev–Trinajstić information content (AvgIpc) is 3.24. The van der Waals surface area contributed by atoms with Crippen LogP contribution in [0.2, 0.25) is 0 Å². The van der Waals surface area contributed by atoms with Gasteiger partial charge in [0.05, 0.1) is 38.0 Å². The summed E-state index contributed by atoms with van der Waals surface area (Å²) in [6.07, 6.45) is 2.93. The second kappa shape index (κ2) is 10.0. The minimum atomic E-state index is -0.480. The molecule has 3 heterocycles. The maximum atomic E-state index is 13.2. The zero-order valence-corrected chi connectivity index (χ0v) is 20.5. The van der Waals surface area contributed by atoms with Gasteiger partial charge in [0, 0.05) is 24.4 Å². The van der Waals surface area contributed by atoms with E-state index < -0.39 is 12.0 Å². The van der Waals surface area contributed by atoms with Gasteiger partial charge in [-0.05, 0) is 36.7 Å². The first kappa shape index (κ1) is 23.4. The summed E-state index contributed by atoms with van der Waals surface area (Å²) in [5, 5.41) is 2.75. The Hall–Kier alpha value is -2.74. The lowest BCUT2D eigenvalue weighted by Crippen LogP contribution is -2.41. The number of ether oxygens (including phenoxy) is 2. The Morgan fingerprint density at radius 2 is 1.91 bits per heavy atom. The number of carbonyl (C=O) groups excluding carboxylic acids is 2. The molecule has 0 bridgehead atoms. The average molecular weight is 470 g/mol. The van der Waals surface area contributed by atoms with Gasteiger partial charge in [-0.1, -0.05) is 43.8 Å². The van der Waals surface area contributed by atoms with Gasteiger partial charge in [0.15, 0.2) is 5.17 Å². The van der Waals surface area contributed by atoms with E-state index in [0.29, 0.717) is 29.4 Å². The highest BCUT2D eigenvalue weighted by Crippen LogP contribution is 2.47. The summed E-state index contributed by atoms with van der Waals surface area (Å²) < 4.78 is 10.8. The number of amidine groups is 1. The van der Waals surface area contributed by atoms with Crippen LogP contribution in [0.5, 0.6) is 5.75 Å². The highest BCUT2D eigenvalue weighted by Gasteiger charge is 2.42. The number of rotatable bonds is 6. The van der Waals surface area contributed by atoms with Crippen LogP contribution in [0, 0.1) is 5.92 Å². The maximum absolute atomic E-state index is 13.2. The number of methoxy groups -OCH3 is 2. The number of esters is 1. The van der Waals surface area contributed by atoms with Gasteiger partial charge in [0.2, 0.25) is 5.91 Å². The van der Waals surface area contributed by atoms with E-state index in [2.05, 4.69) is 6.92 Å². The lowest BCUT2D eigenvalue weighted by Gasteiger charge is -2.37. The molecule has 1 fully saturated rings. The van der Waals surface area contributed by atoms with E-state index in [4.69, 9.17) is 14.5 Å². The number of amides is 1. The Labute approximate surface area is 199 Å². The summed E-state index contributed by atoms with van der Waals surface area (Å²) in [7, 11) is 3.01. The second-order valence-corrected chi connectivity index (χ2v) is 9.42. The number of benzene rings is 1. The third-order valence-electron chi connectivity index (χ3n) is 6.53. The van der Waals surface area contributed by atoms with Crippen molar-refractivity contribution in [2.45, 2.75) is 45.6 Å². The molecular formula is C25H31N3O4S. The molecule has 1 atom stereocenters. The van der Waals surface area contributed by atoms with Crippen molar-refractivity contribution in [3.8, 4) is 5.75 Å². The number of nitrogens with zero attached hydrogens (tertiary/aromatic N) is 3. The van der Waals surface area contributed by atoms with Crippen molar-refractivity contribution in [3.05, 3.63) is 52.2 Å². The summed E-state index contributed by atoms with van der Waals surface area (Å²) in [5.74, 6) is 1.02. The number of likely N-dealkylation sites (tertiary alicyclic amines) is 1. The molecule has 0 N–H and O–H groups in total. The molecular weight excluding hydrogens is 438 g/mol. The van der Waals surface area contributed by atoms with E-state index in [0.717, 1.165) is 42.4 Å². The van der Waals surface area contributed by atoms with Crippen LogP contribution in [0.4, 0.5) is 0 Å². The number of carbonyl (C=O) groups is 2. The van der Waals surface area contributed by atoms with Crippen molar-refractivity contribution in [1.29, 1.82) is 0 Å². The Morgan fingerprint density at radius 3 is 2.58 bits per heavy atom. The molecule has 33 heavy (non-hydrogen) atoms. The predicted molar refractivity (Wildman–Crippen MR) is 130 cm³/mol. The van der Waals surface area contributed by atoms with Crippen molar-refractivity contribution >= 4 is 28.8 Å². The largest absolute Gasteiger partial charge is 0.496 e. The third-order valence-corrected chi connectivity index (χ3v) is 7.42. The second-order valence-electron chi connectivity index (χ2n) is 8.58. The highest BCUT2D eigenvalue weighted by atomic mass is 32.2. The van der Waals surface area contributed by atoms with E-state index in [1.165, 1.54) is 18.9 Å². The van der Waals surface area contributed by atoms with Crippen LogP contribution < -0.4 is 4.74 Å². The van der Waals surface area contributed by atoms with Crippen LogP contribution in [0.3, 0.4) is 0 Å². The number of para-hydroxylation sites is 1. The summed E-state index contributed by atoms with van der Waals surface area (Å²) >= 11 is 1.49. The van der Waals surface area contributed by atoms with Crippen LogP contribution in [0.1, 0.15) is 51.1 Å². The first-order chi connectivity index (χ1) is 16.0. The van der Waals surface area contributed by atoms with E-state index >= 15 is 0 Å². The van der Waals surface area contributed by atoms with Gasteiger partial charge in [-0.15, -0.1) is 0 Å². The van der Waals surface area contributed by atoms with Crippen LogP contribution in [-0.4, -0.2) is 54.2 Å². The molecule has 0 aliphatic carbocycles. The molecule has 4 rings (SSSR count). The minimum Gasteiger partial charge on any atom is -0.496 e. The predicted octanol–water partition coefficient (Wildman–Crippen LogP) is 4.48. The monoisotopic (exact) mass is 469 g/mol. The molecule has 7 nitrogen and oxygen atoms in total. The SMILES string of the molecule is CCC1=C(C(=O)OC)[C@@H](c2ccccc2OC)N2C(CC(=O)N3CCC(C)CC3)=CSC2=N1. The topological polar surface area (TPSA) is 71.4 Å². The Bertz CT molecular complexity index is 1020. The van der Waals surface area contributed by atoms with Crippen LogP contribution in [0.25, 0.3) is 0 Å². The molecule has 1 aromatic carbocycles. The molecule has 1 amide bonds. The van der Waals surface area contributed by atoms with Gasteiger partial charge in [0.1, 0.15) is 5.75 Å². The van der Waals surface area contributed by atoms with Crippen LogP contribution >= 0.6 is 11.8 Å². The van der Waals surface area contributed by atoms with Gasteiger partial charge >= 0.3 is 5.97 Å². The molecule has 1 saturated heterocycles. The number of fused-ring (bicyclic) bond motifs is 1. The Kier molecular flexibility index (Phi) is 7.12. The molecule has 0 unspecified atom stereocenters. The normalized spacial score (nSPS) is 20.9. The summed E-state index contributed by atoms with van der Waals surface area (Å²) in [5.41, 5.74) is 2.87. The molecule has 0 spiro atoms. The van der Waals surface area contributed by atoms with E-state index in [9.17, 15) is 9.59 Å². The van der Waals surface area contributed by atoms with Crippen LogP contribution in [0.15, 0.2) is 51.6 Å². The fraction of sp³-hybridized carbons (Fsp3) is 0.480. The Balaban J connectivity index is 1.72. The number of piperidine rings is 1. The number of thioether (sulfide) groups is 1. The lowest BCUT2D eigenvalue weighted by molar-refractivity contribution is -0.136. The molecule has 3 aliphatic heterocycles. The van der Waals surface area contributed by atoms with Gasteiger partial charge in [-0.2, -0.15) is 0 Å². The molecule has 8 heteroatoms. The molecule has 0 radical (unpaired) electrons. The van der Waals surface area contributed by atoms with E-state index in [1.807, 2.05) is 46.4 Å². The first-order valence-corrected chi connectivity index (χ1v) is 12.3. The maximum Gasteiger partial charge on any atom is 0.338 e. The number of hydrogen-bond donors (Lipinski definition) is 0. The summed E-state index contributed by atoms with van der Waals surface area (Å²) in [6, 6.07) is 7.19. The van der Waals surface area contributed by atoms with Gasteiger partial charge in [0.25, 0.3) is 0 Å².